The minimum atomic E-state index is -0.195. The number of hydrogen-bond donors (Lipinski definition) is 0. The molecular formula is C27H38N2O4S. The summed E-state index contributed by atoms with van der Waals surface area (Å²) in [6.07, 6.45) is 2.17. The van der Waals surface area contributed by atoms with Gasteiger partial charge in [-0.15, -0.1) is 11.3 Å². The molecule has 0 spiro atoms. The van der Waals surface area contributed by atoms with Crippen LogP contribution in [-0.4, -0.2) is 55.0 Å². The number of carbonyl (C=O) groups excluding carboxylic acids is 2. The van der Waals surface area contributed by atoms with Gasteiger partial charge < -0.3 is 19.3 Å². The Bertz CT molecular complexity index is 956. The number of thiophene rings is 1. The highest BCUT2D eigenvalue weighted by Crippen LogP contribution is 2.35. The van der Waals surface area contributed by atoms with Crippen LogP contribution in [0.25, 0.3) is 0 Å². The van der Waals surface area contributed by atoms with Crippen molar-refractivity contribution < 1.29 is 19.1 Å². The number of benzene rings is 1. The van der Waals surface area contributed by atoms with E-state index in [1.54, 1.807) is 23.3 Å². The molecule has 3 rings (SSSR count). The summed E-state index contributed by atoms with van der Waals surface area (Å²) in [6, 6.07) is 9.45. The molecule has 7 heteroatoms. The van der Waals surface area contributed by atoms with Crippen LogP contribution >= 0.6 is 11.3 Å². The molecule has 2 aromatic rings. The molecular weight excluding hydrogens is 448 g/mol. The lowest BCUT2D eigenvalue weighted by molar-refractivity contribution is -0.143. The number of methoxy groups -OCH3 is 1. The molecule has 0 saturated heterocycles. The van der Waals surface area contributed by atoms with E-state index in [4.69, 9.17) is 9.47 Å². The van der Waals surface area contributed by atoms with Crippen LogP contribution in [0.5, 0.6) is 11.5 Å². The zero-order chi connectivity index (χ0) is 24.7. The highest BCUT2D eigenvalue weighted by Gasteiger charge is 2.33. The third-order valence-electron chi connectivity index (χ3n) is 6.12. The van der Waals surface area contributed by atoms with Gasteiger partial charge in [0.05, 0.1) is 19.7 Å². The Morgan fingerprint density at radius 2 is 1.85 bits per heavy atom. The van der Waals surface area contributed by atoms with Crippen molar-refractivity contribution in [3.05, 3.63) is 46.2 Å². The zero-order valence-electron chi connectivity index (χ0n) is 21.1. The van der Waals surface area contributed by atoms with Crippen LogP contribution in [-0.2, 0) is 16.0 Å². The molecule has 1 aromatic carbocycles. The van der Waals surface area contributed by atoms with Gasteiger partial charge in [0, 0.05) is 24.4 Å². The van der Waals surface area contributed by atoms with Crippen LogP contribution in [0.15, 0.2) is 35.7 Å². The lowest BCUT2D eigenvalue weighted by Gasteiger charge is -2.37. The average molecular weight is 487 g/mol. The topological polar surface area (TPSA) is 59.1 Å². The number of hydrogen-bond acceptors (Lipinski definition) is 5. The predicted molar refractivity (Wildman–Crippen MR) is 136 cm³/mol. The third kappa shape index (κ3) is 6.75. The first-order valence-corrected chi connectivity index (χ1v) is 13.1. The lowest BCUT2D eigenvalue weighted by Crippen LogP contribution is -2.48. The van der Waals surface area contributed by atoms with Crippen molar-refractivity contribution >= 4 is 23.2 Å². The second-order valence-electron chi connectivity index (χ2n) is 9.71. The van der Waals surface area contributed by atoms with Gasteiger partial charge in [-0.1, -0.05) is 39.8 Å². The van der Waals surface area contributed by atoms with Crippen molar-refractivity contribution in [2.45, 2.75) is 53.0 Å². The van der Waals surface area contributed by atoms with Gasteiger partial charge in [-0.2, -0.15) is 0 Å². The van der Waals surface area contributed by atoms with E-state index in [0.29, 0.717) is 43.5 Å². The summed E-state index contributed by atoms with van der Waals surface area (Å²) in [6.45, 7) is 10.0. The van der Waals surface area contributed by atoms with E-state index >= 15 is 0 Å². The molecule has 1 aliphatic heterocycles. The molecule has 0 fully saturated rings. The maximum atomic E-state index is 13.6. The Labute approximate surface area is 207 Å². The maximum absolute atomic E-state index is 13.6. The van der Waals surface area contributed by atoms with Crippen molar-refractivity contribution in [2.75, 3.05) is 33.4 Å². The number of carbonyl (C=O) groups is 2. The molecule has 0 aliphatic carbocycles. The van der Waals surface area contributed by atoms with E-state index in [2.05, 4.69) is 25.3 Å². The molecule has 1 aliphatic rings. The summed E-state index contributed by atoms with van der Waals surface area (Å²) < 4.78 is 11.6. The molecule has 2 heterocycles. The monoisotopic (exact) mass is 486 g/mol. The van der Waals surface area contributed by atoms with Gasteiger partial charge in [-0.05, 0) is 53.8 Å². The summed E-state index contributed by atoms with van der Waals surface area (Å²) >= 11 is 1.73. The number of rotatable bonds is 11. The molecule has 0 radical (unpaired) electrons. The van der Waals surface area contributed by atoms with E-state index < -0.39 is 0 Å². The summed E-state index contributed by atoms with van der Waals surface area (Å²) in [4.78, 5) is 31.4. The first-order valence-electron chi connectivity index (χ1n) is 12.2. The second-order valence-corrected chi connectivity index (χ2v) is 10.7. The van der Waals surface area contributed by atoms with Crippen molar-refractivity contribution in [3.63, 3.8) is 0 Å². The van der Waals surface area contributed by atoms with Gasteiger partial charge >= 0.3 is 0 Å². The van der Waals surface area contributed by atoms with E-state index in [9.17, 15) is 9.59 Å². The SMILES string of the molecule is COc1ccccc1OC[C@H]1c2ccsc2CCN1C(=O)CN(CCC(C)C)C(=O)CC(C)C. The van der Waals surface area contributed by atoms with E-state index in [-0.39, 0.29) is 30.3 Å². The molecule has 1 aromatic heterocycles. The van der Waals surface area contributed by atoms with Crippen LogP contribution in [0, 0.1) is 11.8 Å². The van der Waals surface area contributed by atoms with Crippen molar-refractivity contribution in [1.82, 2.24) is 9.80 Å². The van der Waals surface area contributed by atoms with Gasteiger partial charge in [0.15, 0.2) is 11.5 Å². The van der Waals surface area contributed by atoms with Crippen molar-refractivity contribution in [3.8, 4) is 11.5 Å². The van der Waals surface area contributed by atoms with Gasteiger partial charge in [0.1, 0.15) is 6.61 Å². The second kappa shape index (κ2) is 12.2. The summed E-state index contributed by atoms with van der Waals surface area (Å²) in [5, 5.41) is 2.08. The quantitative estimate of drug-likeness (QED) is 0.439. The maximum Gasteiger partial charge on any atom is 0.242 e. The Morgan fingerprint density at radius 1 is 1.12 bits per heavy atom. The van der Waals surface area contributed by atoms with Gasteiger partial charge in [0.25, 0.3) is 0 Å². The van der Waals surface area contributed by atoms with Crippen LogP contribution in [0.1, 0.15) is 57.0 Å². The van der Waals surface area contributed by atoms with Crippen molar-refractivity contribution in [1.29, 1.82) is 0 Å². The standard InChI is InChI=1S/C27H38N2O4S/c1-19(2)10-13-28(26(30)16-20(3)4)17-27(31)29-14-11-25-21(12-15-34-25)22(29)18-33-24-9-7-6-8-23(24)32-5/h6-9,12,15,19-20,22H,10-11,13-14,16-18H2,1-5H3/t22-/m0/s1. The van der Waals surface area contributed by atoms with E-state index in [1.165, 1.54) is 4.88 Å². The number of fused-ring (bicyclic) bond motifs is 1. The average Bonchev–Trinajstić information content (AvgIpc) is 3.28. The minimum Gasteiger partial charge on any atom is -0.493 e. The molecule has 0 unspecified atom stereocenters. The number of nitrogens with zero attached hydrogens (tertiary/aromatic N) is 2. The normalized spacial score (nSPS) is 15.4. The molecule has 6 nitrogen and oxygen atoms in total. The number of amides is 2. The molecule has 0 saturated carbocycles. The van der Waals surface area contributed by atoms with Gasteiger partial charge in [-0.25, -0.2) is 0 Å². The van der Waals surface area contributed by atoms with Crippen LogP contribution in [0.3, 0.4) is 0 Å². The fraction of sp³-hybridized carbons (Fsp3) is 0.556. The Balaban J connectivity index is 1.77. The summed E-state index contributed by atoms with van der Waals surface area (Å²) in [5.74, 6) is 2.08. The third-order valence-corrected chi connectivity index (χ3v) is 7.12. The van der Waals surface area contributed by atoms with Crippen LogP contribution < -0.4 is 9.47 Å². The summed E-state index contributed by atoms with van der Waals surface area (Å²) in [5.41, 5.74) is 1.14. The smallest absolute Gasteiger partial charge is 0.242 e. The van der Waals surface area contributed by atoms with Crippen molar-refractivity contribution in [2.24, 2.45) is 11.8 Å². The minimum absolute atomic E-state index is 0.0219. The Kier molecular flexibility index (Phi) is 9.39. The van der Waals surface area contributed by atoms with Gasteiger partial charge in [0.2, 0.25) is 11.8 Å². The molecule has 0 bridgehead atoms. The highest BCUT2D eigenvalue weighted by atomic mass is 32.1. The zero-order valence-corrected chi connectivity index (χ0v) is 21.9. The molecule has 2 amide bonds. The number of para-hydroxylation sites is 2. The summed E-state index contributed by atoms with van der Waals surface area (Å²) in [7, 11) is 1.62. The molecule has 34 heavy (non-hydrogen) atoms. The Hall–Kier alpha value is -2.54. The fourth-order valence-electron chi connectivity index (χ4n) is 4.22. The van der Waals surface area contributed by atoms with Crippen LogP contribution in [0.4, 0.5) is 0 Å². The predicted octanol–water partition coefficient (Wildman–Crippen LogP) is 5.18. The van der Waals surface area contributed by atoms with Crippen LogP contribution in [0.2, 0.25) is 0 Å². The highest BCUT2D eigenvalue weighted by molar-refractivity contribution is 7.10. The first-order chi connectivity index (χ1) is 16.3. The lowest BCUT2D eigenvalue weighted by atomic mass is 10.00. The molecule has 186 valence electrons. The number of ether oxygens (including phenoxy) is 2. The van der Waals surface area contributed by atoms with Gasteiger partial charge in [-0.3, -0.25) is 9.59 Å². The fourth-order valence-corrected chi connectivity index (χ4v) is 5.15. The Morgan fingerprint density at radius 3 is 2.53 bits per heavy atom. The van der Waals surface area contributed by atoms with E-state index in [1.807, 2.05) is 43.0 Å². The van der Waals surface area contributed by atoms with E-state index in [0.717, 1.165) is 18.4 Å². The largest absolute Gasteiger partial charge is 0.493 e. The first kappa shape index (κ1) is 26.1. The molecule has 0 N–H and O–H groups in total. The molecule has 1 atom stereocenters.